The van der Waals surface area contributed by atoms with Gasteiger partial charge in [0.15, 0.2) is 14.5 Å². The van der Waals surface area contributed by atoms with Gasteiger partial charge in [-0.2, -0.15) is 0 Å². The van der Waals surface area contributed by atoms with Crippen molar-refractivity contribution in [3.63, 3.8) is 0 Å². The average molecular weight is 978 g/mol. The Balaban J connectivity index is 0.000000144. The normalized spacial score (nSPS) is 11.1. The van der Waals surface area contributed by atoms with E-state index in [4.69, 9.17) is 10.4 Å². The zero-order valence-corrected chi connectivity index (χ0v) is 39.9. The molecule has 23 heteroatoms. The van der Waals surface area contributed by atoms with Crippen molar-refractivity contribution in [2.75, 3.05) is 6.26 Å². The van der Waals surface area contributed by atoms with Crippen molar-refractivity contribution < 1.29 is 20.0 Å². The number of benzene rings is 4. The molecule has 318 valence electrons. The molecule has 5 heterocycles. The Bertz CT molecular complexity index is 2860. The fourth-order valence-electron chi connectivity index (χ4n) is 5.27. The molecule has 0 aliphatic rings. The number of rotatable bonds is 13. The summed E-state index contributed by atoms with van der Waals surface area (Å²) in [4.78, 5) is 24.3. The predicted octanol–water partition coefficient (Wildman–Crippen LogP) is 11.1. The summed E-state index contributed by atoms with van der Waals surface area (Å²) in [6.07, 6.45) is 2.04. The van der Waals surface area contributed by atoms with Crippen molar-refractivity contribution in [1.29, 1.82) is 0 Å². The van der Waals surface area contributed by atoms with Crippen molar-refractivity contribution >= 4 is 114 Å². The van der Waals surface area contributed by atoms with E-state index >= 15 is 0 Å². The maximum atomic E-state index is 11.1. The number of aromatic carboxylic acids is 1. The summed E-state index contributed by atoms with van der Waals surface area (Å²) in [6.45, 7) is 4.00. The minimum atomic E-state index is -0.940. The summed E-state index contributed by atoms with van der Waals surface area (Å²) in [5, 5.41) is 45.0. The summed E-state index contributed by atoms with van der Waals surface area (Å²) in [6, 6.07) is 31.0. The first-order valence-electron chi connectivity index (χ1n) is 18.1. The second kappa shape index (κ2) is 21.8. The molecule has 0 fully saturated rings. The van der Waals surface area contributed by atoms with Gasteiger partial charge in [0.2, 0.25) is 15.5 Å². The Morgan fingerprint density at radius 3 is 1.74 bits per heavy atom. The number of aryl methyl sites for hydroxylation is 2. The topological polar surface area (TPSA) is 185 Å². The molecule has 9 rings (SSSR count). The molecule has 0 atom stereocenters. The second-order valence-electron chi connectivity index (χ2n) is 12.6. The quantitative estimate of drug-likeness (QED) is 0.0631. The van der Waals surface area contributed by atoms with E-state index in [0.717, 1.165) is 78.9 Å². The van der Waals surface area contributed by atoms with Crippen LogP contribution < -0.4 is 0 Å². The lowest BCUT2D eigenvalue weighted by molar-refractivity contribution is -0.252. The van der Waals surface area contributed by atoms with E-state index in [1.807, 2.05) is 97.9 Å². The van der Waals surface area contributed by atoms with Crippen LogP contribution in [0.1, 0.15) is 27.6 Å². The van der Waals surface area contributed by atoms with Gasteiger partial charge in [0.1, 0.15) is 18.3 Å². The van der Waals surface area contributed by atoms with Crippen molar-refractivity contribution in [3.05, 3.63) is 120 Å². The summed E-state index contributed by atoms with van der Waals surface area (Å²) in [5.41, 5.74) is 4.98. The molecular weight excluding hydrogens is 943 g/mol. The molecule has 0 bridgehead atoms. The molecule has 62 heavy (non-hydrogen) atoms. The fraction of sp³-hybridized carbons (Fsp3) is 0.154. The number of para-hydroxylation sites is 1. The third-order valence-electron chi connectivity index (χ3n) is 8.60. The number of carboxylic acid groups (broad SMARTS) is 1. The number of carbonyl (C=O) groups is 1. The van der Waals surface area contributed by atoms with Gasteiger partial charge in [-0.1, -0.05) is 65.4 Å². The number of nitrogens with zero attached hydrogens (tertiary/aromatic N) is 11. The zero-order valence-electron chi connectivity index (χ0n) is 33.3. The number of thiazole rings is 2. The Morgan fingerprint density at radius 1 is 0.661 bits per heavy atom. The molecule has 0 amide bonds. The van der Waals surface area contributed by atoms with Gasteiger partial charge in [-0.3, -0.25) is 9.82 Å². The minimum Gasteiger partial charge on any atom is -0.478 e. The van der Waals surface area contributed by atoms with Crippen LogP contribution in [-0.2, 0) is 25.6 Å². The first-order chi connectivity index (χ1) is 30.1. The lowest BCUT2D eigenvalue weighted by atomic mass is 10.2. The molecular formula is C39H35N11O4S8. The summed E-state index contributed by atoms with van der Waals surface area (Å²) in [7, 11) is 13.3. The Kier molecular flexibility index (Phi) is 16.0. The predicted molar refractivity (Wildman–Crippen MR) is 255 cm³/mol. The molecule has 0 saturated heterocycles. The molecule has 9 aromatic rings. The van der Waals surface area contributed by atoms with Gasteiger partial charge in [0.05, 0.1) is 26.0 Å². The van der Waals surface area contributed by atoms with Gasteiger partial charge in [0.25, 0.3) is 0 Å². The highest BCUT2D eigenvalue weighted by Gasteiger charge is 2.16. The maximum Gasteiger partial charge on any atom is 0.335 e. The average Bonchev–Trinajstić information content (AvgIpc) is 4.13. The smallest absolute Gasteiger partial charge is 0.335 e. The van der Waals surface area contributed by atoms with E-state index in [1.54, 1.807) is 51.1 Å². The van der Waals surface area contributed by atoms with Gasteiger partial charge >= 0.3 is 5.97 Å². The molecule has 0 radical (unpaired) electrons. The summed E-state index contributed by atoms with van der Waals surface area (Å²) < 4.78 is 9.61. The lowest BCUT2D eigenvalue weighted by Crippen LogP contribution is -1.98. The highest BCUT2D eigenvalue weighted by atomic mass is 33.1. The number of hydrogen-bond acceptors (Lipinski definition) is 19. The summed E-state index contributed by atoms with van der Waals surface area (Å²) >= 11 is 3.03. The van der Waals surface area contributed by atoms with Crippen molar-refractivity contribution in [2.45, 2.75) is 44.6 Å². The Morgan fingerprint density at radius 2 is 1.21 bits per heavy atom. The number of aromatic nitrogens is 11. The highest BCUT2D eigenvalue weighted by Crippen LogP contribution is 2.44. The first-order valence-corrected chi connectivity index (χ1v) is 26.6. The van der Waals surface area contributed by atoms with Gasteiger partial charge in [-0.25, -0.2) is 19.7 Å². The molecule has 4 aromatic carbocycles. The lowest BCUT2D eigenvalue weighted by Gasteiger charge is -2.09. The van der Waals surface area contributed by atoms with Crippen molar-refractivity contribution in [1.82, 2.24) is 54.3 Å². The van der Waals surface area contributed by atoms with E-state index in [1.165, 1.54) is 54.5 Å². The molecule has 5 aromatic heterocycles. The van der Waals surface area contributed by atoms with E-state index in [0.29, 0.717) is 0 Å². The fourth-order valence-corrected chi connectivity index (χ4v) is 13.2. The number of fused-ring (bicyclic) bond motifs is 2. The monoisotopic (exact) mass is 977 g/mol. The molecule has 0 spiro atoms. The van der Waals surface area contributed by atoms with Gasteiger partial charge < -0.3 is 14.2 Å². The van der Waals surface area contributed by atoms with E-state index in [9.17, 15) is 4.79 Å². The van der Waals surface area contributed by atoms with E-state index < -0.39 is 5.97 Å². The Labute approximate surface area is 387 Å². The molecule has 0 unspecified atom stereocenters. The van der Waals surface area contributed by atoms with Crippen LogP contribution in [0.25, 0.3) is 37.5 Å². The third-order valence-corrected chi connectivity index (χ3v) is 17.4. The molecule has 0 aliphatic carbocycles. The number of hydrogen-bond donors (Lipinski definition) is 2. The van der Waals surface area contributed by atoms with Crippen molar-refractivity contribution in [2.24, 2.45) is 14.1 Å². The third kappa shape index (κ3) is 11.4. The number of carboxylic acids is 1. The highest BCUT2D eigenvalue weighted by molar-refractivity contribution is 8.77. The van der Waals surface area contributed by atoms with Crippen LogP contribution in [0.4, 0.5) is 0 Å². The SMILES string of the molecule is CSSc1nnc(-c2ccccc2)n1-c1ccccc1.Cc1nnc(SSc2nnc(C)n2C)n1C.O=C(O)c1ccc2nc(SSc3nc4ccc(COO)cc4s3)sc2c1. The van der Waals surface area contributed by atoms with Gasteiger partial charge in [-0.15, -0.1) is 53.3 Å². The van der Waals surface area contributed by atoms with E-state index in [2.05, 4.69) is 74.3 Å². The standard InChI is InChI=1S/C16H10N2O4S4.C15H13N3S2.C8H12N6S2/c19-14(20)9-2-4-11-13(6-9)24-16(18-11)26-25-15-17-10-3-1-8(7-22-21)5-12(10)23-15;1-19-20-15-17-16-14(12-8-4-2-5-9-12)18(15)13-10-6-3-7-11-13;1-5-9-11-7(13(5)3)15-16-8-12-10-6(2)14(8)4/h1-6,21H,7H2,(H,19,20);2-11H,1H3;1-4H3. The largest absolute Gasteiger partial charge is 0.478 e. The second-order valence-corrected chi connectivity index (χ2v) is 21.7. The van der Waals surface area contributed by atoms with Gasteiger partial charge in [0, 0.05) is 25.3 Å². The Hall–Kier alpha value is -4.43. The van der Waals surface area contributed by atoms with Crippen LogP contribution in [0, 0.1) is 13.8 Å². The summed E-state index contributed by atoms with van der Waals surface area (Å²) in [5.74, 6) is 1.73. The van der Waals surface area contributed by atoms with Crippen molar-refractivity contribution in [3.8, 4) is 17.1 Å². The van der Waals surface area contributed by atoms with Crippen LogP contribution in [-0.4, -0.2) is 76.9 Å². The first kappa shape index (κ1) is 45.6. The minimum absolute atomic E-state index is 0.148. The van der Waals surface area contributed by atoms with Crippen LogP contribution >= 0.6 is 87.4 Å². The maximum absolute atomic E-state index is 11.1. The molecule has 2 N–H and O–H groups in total. The van der Waals surface area contributed by atoms with E-state index in [-0.39, 0.29) is 12.2 Å². The van der Waals surface area contributed by atoms with Crippen LogP contribution in [0.5, 0.6) is 0 Å². The van der Waals surface area contributed by atoms with Gasteiger partial charge in [-0.05, 0) is 122 Å². The molecule has 0 aliphatic heterocycles. The zero-order chi connectivity index (χ0) is 43.6. The van der Waals surface area contributed by atoms with Crippen LogP contribution in [0.15, 0.2) is 121 Å². The molecule has 15 nitrogen and oxygen atoms in total. The van der Waals surface area contributed by atoms with Crippen LogP contribution in [0.3, 0.4) is 0 Å². The molecule has 0 saturated carbocycles. The van der Waals surface area contributed by atoms with Crippen LogP contribution in [0.2, 0.25) is 0 Å².